The van der Waals surface area contributed by atoms with Gasteiger partial charge in [-0.3, -0.25) is 9.59 Å². The number of carbonyl (C=O) groups is 2. The lowest BCUT2D eigenvalue weighted by atomic mass is 9.89. The predicted octanol–water partition coefficient (Wildman–Crippen LogP) is 5.04. The Morgan fingerprint density at radius 2 is 1.83 bits per heavy atom. The smallest absolute Gasteiger partial charge is 0.227 e. The fraction of sp³-hybridized carbons (Fsp3) is 0.407. The summed E-state index contributed by atoms with van der Waals surface area (Å²) in [5.74, 6) is 0.830. The summed E-state index contributed by atoms with van der Waals surface area (Å²) in [5.41, 5.74) is 0.834. The van der Waals surface area contributed by atoms with Crippen molar-refractivity contribution in [1.29, 1.82) is 0 Å². The lowest BCUT2D eigenvalue weighted by molar-refractivity contribution is -0.121. The maximum absolute atomic E-state index is 13.0. The van der Waals surface area contributed by atoms with Gasteiger partial charge in [-0.05, 0) is 42.7 Å². The van der Waals surface area contributed by atoms with E-state index in [1.54, 1.807) is 36.4 Å². The molecule has 36 heavy (non-hydrogen) atoms. The van der Waals surface area contributed by atoms with Gasteiger partial charge in [0.15, 0.2) is 5.82 Å². The second-order valence-corrected chi connectivity index (χ2v) is 9.18. The van der Waals surface area contributed by atoms with Crippen LogP contribution in [0, 0.1) is 5.82 Å². The van der Waals surface area contributed by atoms with Crippen molar-refractivity contribution in [2.75, 3.05) is 5.32 Å². The van der Waals surface area contributed by atoms with Gasteiger partial charge in [0.25, 0.3) is 0 Å². The molecule has 2 amide bonds. The second-order valence-electron chi connectivity index (χ2n) is 9.18. The van der Waals surface area contributed by atoms with E-state index in [0.717, 1.165) is 44.1 Å². The molecule has 2 aromatic carbocycles. The van der Waals surface area contributed by atoms with Crippen LogP contribution in [0.5, 0.6) is 5.75 Å². The third kappa shape index (κ3) is 6.90. The molecule has 1 aliphatic carbocycles. The molecular weight excluding hydrogens is 463 g/mol. The van der Waals surface area contributed by atoms with Gasteiger partial charge in [-0.2, -0.15) is 4.98 Å². The average Bonchev–Trinajstić information content (AvgIpc) is 3.22. The van der Waals surface area contributed by atoms with Crippen molar-refractivity contribution < 1.29 is 23.2 Å². The summed E-state index contributed by atoms with van der Waals surface area (Å²) in [6.07, 6.45) is 6.19. The molecule has 0 unspecified atom stereocenters. The number of hydrogen-bond donors (Lipinski definition) is 2. The van der Waals surface area contributed by atoms with E-state index >= 15 is 0 Å². The van der Waals surface area contributed by atoms with Gasteiger partial charge in [-0.1, -0.05) is 49.0 Å². The van der Waals surface area contributed by atoms with E-state index in [4.69, 9.17) is 9.26 Å². The summed E-state index contributed by atoms with van der Waals surface area (Å²) < 4.78 is 24.2. The number of nitrogens with zero attached hydrogens (tertiary/aromatic N) is 2. The van der Waals surface area contributed by atoms with Gasteiger partial charge in [-0.15, -0.1) is 0 Å². The summed E-state index contributed by atoms with van der Waals surface area (Å²) in [4.78, 5) is 28.9. The highest BCUT2D eigenvalue weighted by molar-refractivity contribution is 5.90. The molecule has 190 valence electrons. The number of aromatic nitrogens is 2. The molecule has 1 heterocycles. The number of nitrogens with one attached hydrogen (secondary N) is 2. The molecule has 1 aliphatic rings. The highest BCUT2D eigenvalue weighted by Gasteiger charge is 2.38. The van der Waals surface area contributed by atoms with Gasteiger partial charge in [0.1, 0.15) is 23.7 Å². The number of hydrogen-bond acceptors (Lipinski definition) is 6. The minimum absolute atomic E-state index is 0.119. The van der Waals surface area contributed by atoms with Crippen LogP contribution in [0.3, 0.4) is 0 Å². The number of anilines is 1. The molecule has 9 heteroatoms. The number of aryl methyl sites for hydroxylation is 1. The van der Waals surface area contributed by atoms with Crippen LogP contribution in [0.15, 0.2) is 53.1 Å². The van der Waals surface area contributed by atoms with Gasteiger partial charge in [0, 0.05) is 31.5 Å². The predicted molar refractivity (Wildman–Crippen MR) is 132 cm³/mol. The van der Waals surface area contributed by atoms with Crippen LogP contribution >= 0.6 is 0 Å². The summed E-state index contributed by atoms with van der Waals surface area (Å²) in [6.45, 7) is 1.79. The van der Waals surface area contributed by atoms with Crippen LogP contribution in [-0.4, -0.2) is 22.0 Å². The Balaban J connectivity index is 1.31. The van der Waals surface area contributed by atoms with E-state index in [0.29, 0.717) is 23.2 Å². The van der Waals surface area contributed by atoms with Crippen molar-refractivity contribution in [1.82, 2.24) is 15.5 Å². The van der Waals surface area contributed by atoms with E-state index in [1.807, 2.05) is 0 Å². The van der Waals surface area contributed by atoms with Crippen LogP contribution in [0.1, 0.15) is 69.1 Å². The first-order valence-corrected chi connectivity index (χ1v) is 12.3. The first-order chi connectivity index (χ1) is 17.4. The normalized spacial score (nSPS) is 15.1. The monoisotopic (exact) mass is 494 g/mol. The van der Waals surface area contributed by atoms with Crippen molar-refractivity contribution in [2.45, 2.75) is 70.4 Å². The fourth-order valence-electron chi connectivity index (χ4n) is 4.48. The number of carbonyl (C=O) groups excluding carboxylic acids is 2. The Kier molecular flexibility index (Phi) is 8.30. The number of amides is 2. The van der Waals surface area contributed by atoms with Gasteiger partial charge in [0.05, 0.1) is 0 Å². The quantitative estimate of drug-likeness (QED) is 0.404. The number of halogens is 1. The van der Waals surface area contributed by atoms with Crippen LogP contribution in [0.2, 0.25) is 0 Å². The van der Waals surface area contributed by atoms with Crippen molar-refractivity contribution in [3.05, 3.63) is 71.6 Å². The summed E-state index contributed by atoms with van der Waals surface area (Å²) >= 11 is 0. The van der Waals surface area contributed by atoms with Gasteiger partial charge < -0.3 is 19.9 Å². The fourth-order valence-corrected chi connectivity index (χ4v) is 4.48. The third-order valence-electron chi connectivity index (χ3n) is 6.27. The van der Waals surface area contributed by atoms with E-state index in [9.17, 15) is 14.0 Å². The largest absolute Gasteiger partial charge is 0.489 e. The maximum Gasteiger partial charge on any atom is 0.227 e. The maximum atomic E-state index is 13.0. The van der Waals surface area contributed by atoms with Crippen LogP contribution < -0.4 is 15.4 Å². The Bertz CT molecular complexity index is 1170. The highest BCUT2D eigenvalue weighted by atomic mass is 19.1. The molecule has 1 aromatic heterocycles. The molecule has 0 saturated heterocycles. The molecule has 0 spiro atoms. The molecule has 1 fully saturated rings. The zero-order valence-corrected chi connectivity index (χ0v) is 20.4. The van der Waals surface area contributed by atoms with Crippen LogP contribution in [0.4, 0.5) is 10.1 Å². The van der Waals surface area contributed by atoms with Crippen molar-refractivity contribution in [2.24, 2.45) is 0 Å². The zero-order valence-electron chi connectivity index (χ0n) is 20.4. The van der Waals surface area contributed by atoms with Crippen molar-refractivity contribution in [3.8, 4) is 5.75 Å². The summed E-state index contributed by atoms with van der Waals surface area (Å²) in [5, 5.41) is 10.1. The Hall–Kier alpha value is -3.75. The second kappa shape index (κ2) is 11.8. The first kappa shape index (κ1) is 25.3. The van der Waals surface area contributed by atoms with Gasteiger partial charge in [-0.25, -0.2) is 4.39 Å². The Morgan fingerprint density at radius 1 is 1.08 bits per heavy atom. The lowest BCUT2D eigenvalue weighted by Crippen LogP contribution is -2.45. The first-order valence-electron chi connectivity index (χ1n) is 12.3. The van der Waals surface area contributed by atoms with Crippen molar-refractivity contribution in [3.63, 3.8) is 0 Å². The van der Waals surface area contributed by atoms with Gasteiger partial charge in [0.2, 0.25) is 17.7 Å². The molecule has 0 atom stereocenters. The standard InChI is InChI=1S/C27H31FN4O4/c1-19(33)31-27(15-4-2-3-5-16-27)26-30-25(36-32-26)14-13-24(34)29-22-7-6-8-23(17-22)35-18-20-9-11-21(28)12-10-20/h6-12,17H,2-5,13-16,18H2,1H3,(H,29,34)(H,31,33). The number of rotatable bonds is 9. The molecular formula is C27H31FN4O4. The van der Waals surface area contributed by atoms with E-state index < -0.39 is 5.54 Å². The highest BCUT2D eigenvalue weighted by Crippen LogP contribution is 2.34. The number of ether oxygens (including phenoxy) is 1. The van der Waals surface area contributed by atoms with Gasteiger partial charge >= 0.3 is 0 Å². The average molecular weight is 495 g/mol. The molecule has 1 saturated carbocycles. The lowest BCUT2D eigenvalue weighted by Gasteiger charge is -2.30. The topological polar surface area (TPSA) is 106 Å². The number of benzene rings is 2. The van der Waals surface area contributed by atoms with E-state index in [1.165, 1.54) is 19.1 Å². The molecule has 3 aromatic rings. The summed E-state index contributed by atoms with van der Waals surface area (Å²) in [6, 6.07) is 13.2. The van der Waals surface area contributed by atoms with E-state index in [-0.39, 0.29) is 37.1 Å². The molecule has 8 nitrogen and oxygen atoms in total. The summed E-state index contributed by atoms with van der Waals surface area (Å²) in [7, 11) is 0. The van der Waals surface area contributed by atoms with Crippen molar-refractivity contribution >= 4 is 17.5 Å². The Morgan fingerprint density at radius 3 is 2.56 bits per heavy atom. The third-order valence-corrected chi connectivity index (χ3v) is 6.27. The SMILES string of the molecule is CC(=O)NC1(c2noc(CCC(=O)Nc3cccc(OCc4ccc(F)cc4)c3)n2)CCCCCC1. The minimum Gasteiger partial charge on any atom is -0.489 e. The minimum atomic E-state index is -0.610. The van der Waals surface area contributed by atoms with Crippen LogP contribution in [0.25, 0.3) is 0 Å². The van der Waals surface area contributed by atoms with E-state index in [2.05, 4.69) is 20.8 Å². The molecule has 4 rings (SSSR count). The molecule has 0 radical (unpaired) electrons. The Labute approximate surface area is 209 Å². The zero-order chi connectivity index (χ0) is 25.4. The molecule has 2 N–H and O–H groups in total. The molecule has 0 aliphatic heterocycles. The van der Waals surface area contributed by atoms with Crippen LogP contribution in [-0.2, 0) is 28.2 Å². The molecule has 0 bridgehead atoms.